The second kappa shape index (κ2) is 5.09. The van der Waals surface area contributed by atoms with Gasteiger partial charge >= 0.3 is 6.18 Å². The van der Waals surface area contributed by atoms with Gasteiger partial charge in [-0.25, -0.2) is 4.98 Å². The van der Waals surface area contributed by atoms with Crippen LogP contribution in [-0.4, -0.2) is 4.98 Å². The minimum atomic E-state index is -4.37. The van der Waals surface area contributed by atoms with Crippen molar-refractivity contribution < 1.29 is 13.2 Å². The molecular weight excluding hydrogens is 269 g/mol. The number of nitrogens with one attached hydrogen (secondary N) is 1. The summed E-state index contributed by atoms with van der Waals surface area (Å²) in [6.07, 6.45) is -4.37. The smallest absolute Gasteiger partial charge is 0.396 e. The van der Waals surface area contributed by atoms with Gasteiger partial charge in [-0.2, -0.15) is 18.4 Å². The van der Waals surface area contributed by atoms with Crippen LogP contribution >= 0.6 is 0 Å². The van der Waals surface area contributed by atoms with Crippen molar-refractivity contribution in [1.82, 2.24) is 4.98 Å². The van der Waals surface area contributed by atoms with E-state index in [4.69, 9.17) is 11.0 Å². The molecule has 0 atom stereocenters. The maximum Gasteiger partial charge on any atom is 0.416 e. The maximum absolute atomic E-state index is 12.4. The highest BCUT2D eigenvalue weighted by atomic mass is 19.4. The molecule has 0 amide bonds. The van der Waals surface area contributed by atoms with Gasteiger partial charge in [0.15, 0.2) is 5.69 Å². The number of benzene rings is 1. The molecule has 0 bridgehead atoms. The number of anilines is 3. The lowest BCUT2D eigenvalue weighted by Gasteiger charge is -2.09. The third-order valence-corrected chi connectivity index (χ3v) is 2.52. The summed E-state index contributed by atoms with van der Waals surface area (Å²) in [5.74, 6) is 0.329. The third-order valence-electron chi connectivity index (χ3n) is 2.52. The van der Waals surface area contributed by atoms with Crippen molar-refractivity contribution in [2.75, 3.05) is 11.1 Å². The minimum absolute atomic E-state index is 0.0573. The summed E-state index contributed by atoms with van der Waals surface area (Å²) in [5, 5.41) is 11.6. The molecule has 3 N–H and O–H groups in total. The standard InChI is InChI=1S/C13H9F3N4/c14-13(15,16)8-1-3-9(4-2-8)19-12-6-5-10(18)11(7-17)20-12/h1-6H,18H2,(H,19,20). The molecule has 7 heteroatoms. The summed E-state index contributed by atoms with van der Waals surface area (Å²) in [6, 6.07) is 9.35. The van der Waals surface area contributed by atoms with E-state index in [0.29, 0.717) is 11.5 Å². The van der Waals surface area contributed by atoms with Gasteiger partial charge in [0.2, 0.25) is 0 Å². The summed E-state index contributed by atoms with van der Waals surface area (Å²) in [4.78, 5) is 3.94. The van der Waals surface area contributed by atoms with Crippen LogP contribution in [0.1, 0.15) is 11.3 Å². The summed E-state index contributed by atoms with van der Waals surface area (Å²) in [5.41, 5.74) is 5.52. The van der Waals surface area contributed by atoms with Crippen molar-refractivity contribution in [2.24, 2.45) is 0 Å². The van der Waals surface area contributed by atoms with Gasteiger partial charge in [0.1, 0.15) is 11.9 Å². The molecule has 0 unspecified atom stereocenters. The summed E-state index contributed by atoms with van der Waals surface area (Å²) >= 11 is 0. The number of nitrogen functional groups attached to an aromatic ring is 1. The highest BCUT2D eigenvalue weighted by Crippen LogP contribution is 2.30. The molecule has 0 aliphatic heterocycles. The van der Waals surface area contributed by atoms with E-state index in [1.807, 2.05) is 6.07 Å². The number of nitrogens with two attached hydrogens (primary N) is 1. The Hall–Kier alpha value is -2.75. The number of hydrogen-bond donors (Lipinski definition) is 2. The van der Waals surface area contributed by atoms with Gasteiger partial charge in [0, 0.05) is 5.69 Å². The largest absolute Gasteiger partial charge is 0.416 e. The lowest BCUT2D eigenvalue weighted by atomic mass is 10.2. The Kier molecular flexibility index (Phi) is 3.48. The molecule has 20 heavy (non-hydrogen) atoms. The number of nitriles is 1. The van der Waals surface area contributed by atoms with Gasteiger partial charge < -0.3 is 11.1 Å². The zero-order valence-electron chi connectivity index (χ0n) is 10.1. The molecule has 2 aromatic rings. The van der Waals surface area contributed by atoms with E-state index < -0.39 is 11.7 Å². The minimum Gasteiger partial charge on any atom is -0.396 e. The first-order valence-electron chi connectivity index (χ1n) is 5.51. The predicted octanol–water partition coefficient (Wildman–Crippen LogP) is 3.30. The number of hydrogen-bond acceptors (Lipinski definition) is 4. The Balaban J connectivity index is 2.21. The van der Waals surface area contributed by atoms with Crippen molar-refractivity contribution in [3.63, 3.8) is 0 Å². The molecule has 0 radical (unpaired) electrons. The van der Waals surface area contributed by atoms with Crippen molar-refractivity contribution in [3.8, 4) is 6.07 Å². The molecule has 2 rings (SSSR count). The van der Waals surface area contributed by atoms with Crippen LogP contribution in [0.15, 0.2) is 36.4 Å². The third kappa shape index (κ3) is 2.98. The normalized spacial score (nSPS) is 10.9. The molecular formula is C13H9F3N4. The zero-order chi connectivity index (χ0) is 14.8. The van der Waals surface area contributed by atoms with E-state index in [9.17, 15) is 13.2 Å². The van der Waals surface area contributed by atoms with Crippen LogP contribution in [-0.2, 0) is 6.18 Å². The van der Waals surface area contributed by atoms with Gasteiger partial charge in [0.25, 0.3) is 0 Å². The number of halogens is 3. The van der Waals surface area contributed by atoms with Crippen molar-refractivity contribution in [1.29, 1.82) is 5.26 Å². The van der Waals surface area contributed by atoms with E-state index >= 15 is 0 Å². The highest BCUT2D eigenvalue weighted by Gasteiger charge is 2.29. The van der Waals surface area contributed by atoms with Crippen LogP contribution in [0.4, 0.5) is 30.4 Å². The lowest BCUT2D eigenvalue weighted by molar-refractivity contribution is -0.137. The maximum atomic E-state index is 12.4. The molecule has 0 saturated carbocycles. The Morgan fingerprint density at radius 3 is 2.30 bits per heavy atom. The fourth-order valence-electron chi connectivity index (χ4n) is 1.52. The average molecular weight is 278 g/mol. The van der Waals surface area contributed by atoms with E-state index in [2.05, 4.69) is 10.3 Å². The van der Waals surface area contributed by atoms with Gasteiger partial charge in [-0.1, -0.05) is 0 Å². The molecule has 1 heterocycles. The molecule has 0 aliphatic rings. The number of aromatic nitrogens is 1. The monoisotopic (exact) mass is 278 g/mol. The van der Waals surface area contributed by atoms with Gasteiger partial charge in [-0.05, 0) is 36.4 Å². The lowest BCUT2D eigenvalue weighted by Crippen LogP contribution is -2.04. The number of nitrogens with zero attached hydrogens (tertiary/aromatic N) is 2. The Labute approximate surface area is 112 Å². The molecule has 0 spiro atoms. The summed E-state index contributed by atoms with van der Waals surface area (Å²) in [7, 11) is 0. The summed E-state index contributed by atoms with van der Waals surface area (Å²) < 4.78 is 37.2. The topological polar surface area (TPSA) is 74.7 Å². The first kappa shape index (κ1) is 13.7. The molecule has 0 saturated heterocycles. The van der Waals surface area contributed by atoms with Crippen LogP contribution in [0.2, 0.25) is 0 Å². The van der Waals surface area contributed by atoms with Crippen LogP contribution in [0, 0.1) is 11.3 Å². The van der Waals surface area contributed by atoms with Crippen molar-refractivity contribution >= 4 is 17.2 Å². The quantitative estimate of drug-likeness (QED) is 0.883. The Morgan fingerprint density at radius 1 is 1.10 bits per heavy atom. The molecule has 0 aliphatic carbocycles. The van der Waals surface area contributed by atoms with Crippen molar-refractivity contribution in [3.05, 3.63) is 47.7 Å². The van der Waals surface area contributed by atoms with Crippen LogP contribution in [0.3, 0.4) is 0 Å². The Bertz CT molecular complexity index is 657. The average Bonchev–Trinajstić information content (AvgIpc) is 2.40. The van der Waals surface area contributed by atoms with E-state index in [0.717, 1.165) is 12.1 Å². The summed E-state index contributed by atoms with van der Waals surface area (Å²) in [6.45, 7) is 0. The van der Waals surface area contributed by atoms with Crippen LogP contribution in [0.5, 0.6) is 0 Å². The van der Waals surface area contributed by atoms with Crippen molar-refractivity contribution in [2.45, 2.75) is 6.18 Å². The Morgan fingerprint density at radius 2 is 1.75 bits per heavy atom. The fraction of sp³-hybridized carbons (Fsp3) is 0.0769. The highest BCUT2D eigenvalue weighted by molar-refractivity contribution is 5.61. The van der Waals surface area contributed by atoms with Gasteiger partial charge in [0.05, 0.1) is 11.3 Å². The first-order chi connectivity index (χ1) is 9.40. The second-order valence-electron chi connectivity index (χ2n) is 3.95. The van der Waals surface area contributed by atoms with E-state index in [1.165, 1.54) is 24.3 Å². The van der Waals surface area contributed by atoms with Crippen LogP contribution in [0.25, 0.3) is 0 Å². The van der Waals surface area contributed by atoms with E-state index in [-0.39, 0.29) is 11.4 Å². The molecule has 1 aromatic heterocycles. The number of alkyl halides is 3. The SMILES string of the molecule is N#Cc1nc(Nc2ccc(C(F)(F)F)cc2)ccc1N. The first-order valence-corrected chi connectivity index (χ1v) is 5.51. The second-order valence-corrected chi connectivity index (χ2v) is 3.95. The molecule has 102 valence electrons. The number of pyridine rings is 1. The van der Waals surface area contributed by atoms with Gasteiger partial charge in [-0.3, -0.25) is 0 Å². The number of rotatable bonds is 2. The zero-order valence-corrected chi connectivity index (χ0v) is 10.1. The van der Waals surface area contributed by atoms with Gasteiger partial charge in [-0.15, -0.1) is 0 Å². The molecule has 0 fully saturated rings. The molecule has 1 aromatic carbocycles. The fourth-order valence-corrected chi connectivity index (χ4v) is 1.52. The predicted molar refractivity (Wildman–Crippen MR) is 68.1 cm³/mol. The van der Waals surface area contributed by atoms with Crippen LogP contribution < -0.4 is 11.1 Å². The molecule has 4 nitrogen and oxygen atoms in total. The van der Waals surface area contributed by atoms with E-state index in [1.54, 1.807) is 0 Å².